The highest BCUT2D eigenvalue weighted by Gasteiger charge is 2.36. The molecule has 2 aromatic carbocycles. The zero-order valence-electron chi connectivity index (χ0n) is 15.2. The van der Waals surface area contributed by atoms with E-state index in [2.05, 4.69) is 15.9 Å². The minimum Gasteiger partial charge on any atom is -0.456 e. The second-order valence-electron chi connectivity index (χ2n) is 6.43. The van der Waals surface area contributed by atoms with E-state index in [1.807, 2.05) is 30.3 Å². The molecule has 0 aliphatic carbocycles. The van der Waals surface area contributed by atoms with E-state index in [0.717, 1.165) is 10.0 Å². The Kier molecular flexibility index (Phi) is 6.81. The summed E-state index contributed by atoms with van der Waals surface area (Å²) in [6.07, 6.45) is 0.620. The summed E-state index contributed by atoms with van der Waals surface area (Å²) in [6, 6.07) is 15.4. The Morgan fingerprint density at radius 2 is 1.71 bits per heavy atom. The Morgan fingerprint density at radius 3 is 2.43 bits per heavy atom. The van der Waals surface area contributed by atoms with Gasteiger partial charge in [-0.3, -0.25) is 9.69 Å². The van der Waals surface area contributed by atoms with Crippen molar-refractivity contribution >= 4 is 33.8 Å². The molecule has 1 unspecified atom stereocenters. The van der Waals surface area contributed by atoms with Crippen molar-refractivity contribution in [2.75, 3.05) is 13.2 Å². The summed E-state index contributed by atoms with van der Waals surface area (Å²) in [7, 11) is 0. The number of nitrogens with zero attached hydrogens (tertiary/aromatic N) is 1. The topological polar surface area (TPSA) is 72.9 Å². The average molecular weight is 446 g/mol. The van der Waals surface area contributed by atoms with E-state index in [-0.39, 0.29) is 19.0 Å². The third-order valence-corrected chi connectivity index (χ3v) is 5.00. The maximum Gasteiger partial charge on any atom is 0.410 e. The normalized spacial score (nSPS) is 15.9. The van der Waals surface area contributed by atoms with E-state index in [0.29, 0.717) is 24.9 Å². The molecule has 0 bridgehead atoms. The summed E-state index contributed by atoms with van der Waals surface area (Å²) < 4.78 is 11.3. The first-order valence-electron chi connectivity index (χ1n) is 8.97. The Balaban J connectivity index is 1.51. The van der Waals surface area contributed by atoms with Crippen LogP contribution in [0, 0.1) is 0 Å². The largest absolute Gasteiger partial charge is 0.456 e. The van der Waals surface area contributed by atoms with E-state index in [1.54, 1.807) is 24.3 Å². The van der Waals surface area contributed by atoms with Crippen LogP contribution in [0.4, 0.5) is 4.79 Å². The number of amides is 1. The number of halogens is 1. The average Bonchev–Trinajstić information content (AvgIpc) is 3.21. The minimum absolute atomic E-state index is 0.139. The van der Waals surface area contributed by atoms with Crippen LogP contribution in [0.2, 0.25) is 0 Å². The van der Waals surface area contributed by atoms with Gasteiger partial charge >= 0.3 is 12.1 Å². The van der Waals surface area contributed by atoms with E-state index in [1.165, 1.54) is 4.90 Å². The van der Waals surface area contributed by atoms with Crippen LogP contribution in [0.25, 0.3) is 0 Å². The Bertz CT molecular complexity index is 838. The van der Waals surface area contributed by atoms with Crippen LogP contribution in [0.5, 0.6) is 0 Å². The zero-order valence-corrected chi connectivity index (χ0v) is 16.8. The number of hydrogen-bond donors (Lipinski definition) is 0. The van der Waals surface area contributed by atoms with Gasteiger partial charge in [-0.25, -0.2) is 9.59 Å². The van der Waals surface area contributed by atoms with Crippen molar-refractivity contribution in [2.45, 2.75) is 25.5 Å². The molecule has 1 fully saturated rings. The zero-order chi connectivity index (χ0) is 19.9. The molecule has 1 atom stereocenters. The van der Waals surface area contributed by atoms with Crippen LogP contribution >= 0.6 is 15.9 Å². The quantitative estimate of drug-likeness (QED) is 0.496. The second-order valence-corrected chi connectivity index (χ2v) is 7.35. The predicted octanol–water partition coefficient (Wildman–Crippen LogP) is 3.98. The van der Waals surface area contributed by atoms with Crippen LogP contribution < -0.4 is 0 Å². The summed E-state index contributed by atoms with van der Waals surface area (Å²) >= 11 is 3.30. The third-order valence-electron chi connectivity index (χ3n) is 4.48. The fourth-order valence-electron chi connectivity index (χ4n) is 2.98. The highest BCUT2D eigenvalue weighted by atomic mass is 79.9. The molecule has 0 spiro atoms. The molecule has 1 aliphatic rings. The molecule has 2 aromatic rings. The first-order valence-corrected chi connectivity index (χ1v) is 9.76. The number of Topliss-reactive ketones (excluding diaryl/α,β-unsaturated/α-hetero) is 1. The number of benzene rings is 2. The summed E-state index contributed by atoms with van der Waals surface area (Å²) in [4.78, 5) is 38.3. The van der Waals surface area contributed by atoms with Gasteiger partial charge in [0.1, 0.15) is 12.6 Å². The fraction of sp³-hybridized carbons (Fsp3) is 0.286. The van der Waals surface area contributed by atoms with Crippen molar-refractivity contribution in [3.63, 3.8) is 0 Å². The lowest BCUT2D eigenvalue weighted by Gasteiger charge is -2.22. The van der Waals surface area contributed by atoms with Crippen molar-refractivity contribution in [1.29, 1.82) is 0 Å². The highest BCUT2D eigenvalue weighted by Crippen LogP contribution is 2.20. The molecule has 0 aromatic heterocycles. The summed E-state index contributed by atoms with van der Waals surface area (Å²) in [5, 5.41) is 0. The molecule has 1 heterocycles. The van der Waals surface area contributed by atoms with Crippen LogP contribution in [0.15, 0.2) is 59.1 Å². The van der Waals surface area contributed by atoms with Gasteiger partial charge in [0.25, 0.3) is 0 Å². The lowest BCUT2D eigenvalue weighted by molar-refractivity contribution is -0.147. The molecule has 0 saturated carbocycles. The minimum atomic E-state index is -0.721. The Labute approximate surface area is 171 Å². The summed E-state index contributed by atoms with van der Waals surface area (Å²) in [5.41, 5.74) is 1.33. The molecule has 146 valence electrons. The molecular formula is C21H20BrNO5. The maximum atomic E-state index is 12.4. The third kappa shape index (κ3) is 5.19. The molecule has 3 rings (SSSR count). The predicted molar refractivity (Wildman–Crippen MR) is 106 cm³/mol. The standard InChI is InChI=1S/C21H20BrNO5/c22-17-10-8-16(9-11-17)19(24)14-27-20(25)18-7-4-12-23(18)21(26)28-13-15-5-2-1-3-6-15/h1-3,5-6,8-11,18H,4,7,12-14H2. The van der Waals surface area contributed by atoms with Gasteiger partial charge in [0, 0.05) is 16.6 Å². The van der Waals surface area contributed by atoms with Gasteiger partial charge in [-0.2, -0.15) is 0 Å². The monoisotopic (exact) mass is 445 g/mol. The van der Waals surface area contributed by atoms with Gasteiger partial charge in [-0.1, -0.05) is 58.4 Å². The van der Waals surface area contributed by atoms with Crippen molar-refractivity contribution < 1.29 is 23.9 Å². The SMILES string of the molecule is O=C(COC(=O)C1CCCN1C(=O)OCc1ccccc1)c1ccc(Br)cc1. The number of ketones is 1. The summed E-state index contributed by atoms with van der Waals surface area (Å²) in [5.74, 6) is -0.878. The number of carbonyl (C=O) groups is 3. The van der Waals surface area contributed by atoms with Gasteiger partial charge in [-0.05, 0) is 30.5 Å². The van der Waals surface area contributed by atoms with E-state index < -0.39 is 18.1 Å². The van der Waals surface area contributed by atoms with Crippen LogP contribution in [-0.2, 0) is 20.9 Å². The lowest BCUT2D eigenvalue weighted by Crippen LogP contribution is -2.42. The Hall–Kier alpha value is -2.67. The Morgan fingerprint density at radius 1 is 1.00 bits per heavy atom. The van der Waals surface area contributed by atoms with Gasteiger partial charge in [-0.15, -0.1) is 0 Å². The number of esters is 1. The molecule has 1 aliphatic heterocycles. The van der Waals surface area contributed by atoms with Crippen LogP contribution in [-0.4, -0.2) is 41.9 Å². The fourth-order valence-corrected chi connectivity index (χ4v) is 3.25. The highest BCUT2D eigenvalue weighted by molar-refractivity contribution is 9.10. The van der Waals surface area contributed by atoms with Gasteiger partial charge in [0.2, 0.25) is 0 Å². The molecule has 6 nitrogen and oxygen atoms in total. The van der Waals surface area contributed by atoms with Gasteiger partial charge < -0.3 is 9.47 Å². The van der Waals surface area contributed by atoms with Crippen molar-refractivity contribution in [2.24, 2.45) is 0 Å². The first kappa shape index (κ1) is 20.1. The number of ether oxygens (including phenoxy) is 2. The van der Waals surface area contributed by atoms with Crippen LogP contribution in [0.3, 0.4) is 0 Å². The number of rotatable bonds is 6. The number of carbonyl (C=O) groups excluding carboxylic acids is 3. The molecule has 0 radical (unpaired) electrons. The molecular weight excluding hydrogens is 426 g/mol. The van der Waals surface area contributed by atoms with E-state index in [9.17, 15) is 14.4 Å². The summed E-state index contributed by atoms with van der Waals surface area (Å²) in [6.45, 7) is 0.206. The molecule has 1 amide bonds. The molecule has 7 heteroatoms. The molecule has 0 N–H and O–H groups in total. The number of likely N-dealkylation sites (tertiary alicyclic amines) is 1. The van der Waals surface area contributed by atoms with E-state index >= 15 is 0 Å². The number of hydrogen-bond acceptors (Lipinski definition) is 5. The molecule has 28 heavy (non-hydrogen) atoms. The second kappa shape index (κ2) is 9.50. The van der Waals surface area contributed by atoms with Crippen molar-refractivity contribution in [1.82, 2.24) is 4.90 Å². The smallest absolute Gasteiger partial charge is 0.410 e. The van der Waals surface area contributed by atoms with Crippen molar-refractivity contribution in [3.8, 4) is 0 Å². The lowest BCUT2D eigenvalue weighted by atomic mass is 10.1. The van der Waals surface area contributed by atoms with Crippen LogP contribution in [0.1, 0.15) is 28.8 Å². The molecule has 1 saturated heterocycles. The van der Waals surface area contributed by atoms with Gasteiger partial charge in [0.15, 0.2) is 12.4 Å². The first-order chi connectivity index (χ1) is 13.5. The van der Waals surface area contributed by atoms with Gasteiger partial charge in [0.05, 0.1) is 0 Å². The maximum absolute atomic E-state index is 12.4. The van der Waals surface area contributed by atoms with Crippen molar-refractivity contribution in [3.05, 3.63) is 70.2 Å². The van der Waals surface area contributed by atoms with E-state index in [4.69, 9.17) is 9.47 Å².